The van der Waals surface area contributed by atoms with Crippen LogP contribution >= 0.6 is 7.82 Å². The lowest BCUT2D eigenvalue weighted by molar-refractivity contribution is -0.870. The Morgan fingerprint density at radius 3 is 1.70 bits per heavy atom. The number of nitrogens with zero attached hydrogens (tertiary/aromatic N) is 1. The van der Waals surface area contributed by atoms with Crippen molar-refractivity contribution in [2.75, 3.05) is 47.5 Å². The lowest BCUT2D eigenvalue weighted by Gasteiger charge is -2.24. The zero-order valence-corrected chi connectivity index (χ0v) is 36.5. The smallest absolute Gasteiger partial charge is 0.462 e. The summed E-state index contributed by atoms with van der Waals surface area (Å²) in [6, 6.07) is 0. The van der Waals surface area contributed by atoms with E-state index >= 15 is 0 Å². The number of carbonyl (C=O) groups excluding carboxylic acids is 2. The van der Waals surface area contributed by atoms with Gasteiger partial charge in [-0.2, -0.15) is 0 Å². The first-order chi connectivity index (χ1) is 27.0. The highest BCUT2D eigenvalue weighted by molar-refractivity contribution is 7.47. The van der Waals surface area contributed by atoms with Gasteiger partial charge in [0.2, 0.25) is 0 Å². The molecule has 1 N–H and O–H groups in total. The molecule has 0 spiro atoms. The minimum absolute atomic E-state index is 0.0149. The number of esters is 2. The SMILES string of the molecule is CC/C=C/C=C/C=C/C=C/CCCCCCCC(=O)OC[C@H](COP(=O)(O)OCC[N+](C)(C)C)OC(=O)CCCCC/C=C/C/C=C/C/C=C/C/C=C/CCC. The van der Waals surface area contributed by atoms with Gasteiger partial charge in [0.25, 0.3) is 0 Å². The van der Waals surface area contributed by atoms with Crippen LogP contribution in [0.3, 0.4) is 0 Å². The Balaban J connectivity index is 4.52. The van der Waals surface area contributed by atoms with Crippen LogP contribution in [0.4, 0.5) is 0 Å². The highest BCUT2D eigenvalue weighted by Gasteiger charge is 2.27. The van der Waals surface area contributed by atoms with E-state index in [9.17, 15) is 19.0 Å². The predicted molar refractivity (Wildman–Crippen MR) is 233 cm³/mol. The van der Waals surface area contributed by atoms with Gasteiger partial charge in [0, 0.05) is 12.8 Å². The van der Waals surface area contributed by atoms with E-state index in [1.54, 1.807) is 0 Å². The molecular weight excluding hydrogens is 725 g/mol. The number of hydrogen-bond donors (Lipinski definition) is 1. The number of likely N-dealkylation sites (N-methyl/N-ethyl adjacent to an activating group) is 1. The van der Waals surface area contributed by atoms with Crippen LogP contribution in [0.5, 0.6) is 0 Å². The van der Waals surface area contributed by atoms with Gasteiger partial charge in [0.15, 0.2) is 6.10 Å². The van der Waals surface area contributed by atoms with Gasteiger partial charge in [-0.15, -0.1) is 0 Å². The molecule has 0 aromatic rings. The number of unbranched alkanes of at least 4 members (excludes halogenated alkanes) is 9. The second-order valence-corrected chi connectivity index (χ2v) is 16.2. The zero-order chi connectivity index (χ0) is 41.4. The zero-order valence-electron chi connectivity index (χ0n) is 35.6. The van der Waals surface area contributed by atoms with Crippen LogP contribution in [0, 0.1) is 0 Å². The molecule has 318 valence electrons. The van der Waals surface area contributed by atoms with Crippen molar-refractivity contribution in [1.29, 1.82) is 0 Å². The number of allylic oxidation sites excluding steroid dienone is 16. The van der Waals surface area contributed by atoms with Crippen molar-refractivity contribution in [2.45, 2.75) is 136 Å². The van der Waals surface area contributed by atoms with E-state index in [0.29, 0.717) is 23.9 Å². The molecule has 0 fully saturated rings. The summed E-state index contributed by atoms with van der Waals surface area (Å²) < 4.78 is 34.2. The number of phosphoric acid groups is 1. The van der Waals surface area contributed by atoms with Gasteiger partial charge in [0.05, 0.1) is 27.7 Å². The maximum absolute atomic E-state index is 12.7. The molecule has 0 amide bonds. The third kappa shape index (κ3) is 40.6. The van der Waals surface area contributed by atoms with Crippen molar-refractivity contribution < 1.29 is 42.1 Å². The lowest BCUT2D eigenvalue weighted by Crippen LogP contribution is -2.37. The Kier molecular flexibility index (Phi) is 35.4. The van der Waals surface area contributed by atoms with Gasteiger partial charge >= 0.3 is 19.8 Å². The summed E-state index contributed by atoms with van der Waals surface area (Å²) in [4.78, 5) is 35.3. The van der Waals surface area contributed by atoms with Crippen LogP contribution in [0.2, 0.25) is 0 Å². The van der Waals surface area contributed by atoms with E-state index < -0.39 is 32.5 Å². The van der Waals surface area contributed by atoms with Crippen molar-refractivity contribution in [3.05, 3.63) is 97.2 Å². The van der Waals surface area contributed by atoms with E-state index in [0.717, 1.165) is 83.5 Å². The average Bonchev–Trinajstić information content (AvgIpc) is 3.15. The Morgan fingerprint density at radius 1 is 0.589 bits per heavy atom. The topological polar surface area (TPSA) is 108 Å². The molecule has 0 heterocycles. The van der Waals surface area contributed by atoms with Crippen molar-refractivity contribution in [3.63, 3.8) is 0 Å². The Bertz CT molecular complexity index is 1270. The lowest BCUT2D eigenvalue weighted by atomic mass is 10.1. The third-order valence-corrected chi connectivity index (χ3v) is 9.16. The van der Waals surface area contributed by atoms with E-state index in [2.05, 4.69) is 80.7 Å². The van der Waals surface area contributed by atoms with Crippen LogP contribution in [0.1, 0.15) is 129 Å². The van der Waals surface area contributed by atoms with Gasteiger partial charge in [-0.1, -0.05) is 143 Å². The maximum atomic E-state index is 12.7. The Morgan fingerprint density at radius 2 is 1.09 bits per heavy atom. The molecule has 0 aromatic heterocycles. The second-order valence-electron chi connectivity index (χ2n) is 14.7. The quantitative estimate of drug-likeness (QED) is 0.0167. The standard InChI is InChI=1S/C46H76NO8P/c1-6-8-10-12-14-16-18-20-22-23-25-27-29-31-33-35-37-39-46(49)55-44(43-54-56(50,51)53-41-40-47(3,4)5)42-52-45(48)38-36-34-32-30-28-26-24-21-19-17-15-13-11-9-7-2/h9-13,15-19,21-24,27,29,44H,6-8,14,20,25-26,28,30-43H2,1-5H3/p+1/b11-9+,12-10+,15-13+,18-16+,19-17+,23-22+,24-21+,29-27+/t44-/m1/s1. The van der Waals surface area contributed by atoms with Gasteiger partial charge in [-0.3, -0.25) is 18.6 Å². The maximum Gasteiger partial charge on any atom is 0.472 e. The normalized spacial score (nSPS) is 14.6. The average molecular weight is 803 g/mol. The molecule has 9 nitrogen and oxygen atoms in total. The summed E-state index contributed by atoms with van der Waals surface area (Å²) in [5, 5.41) is 0. The molecule has 1 unspecified atom stereocenters. The van der Waals surface area contributed by atoms with E-state index in [-0.39, 0.29) is 26.1 Å². The summed E-state index contributed by atoms with van der Waals surface area (Å²) >= 11 is 0. The molecule has 56 heavy (non-hydrogen) atoms. The first-order valence-corrected chi connectivity index (χ1v) is 22.5. The molecular formula is C46H77NO8P+. The molecule has 0 aromatic carbocycles. The van der Waals surface area contributed by atoms with Crippen LogP contribution in [0.25, 0.3) is 0 Å². The fraction of sp³-hybridized carbons (Fsp3) is 0.609. The molecule has 0 bridgehead atoms. The Labute approximate surface area is 341 Å². The minimum Gasteiger partial charge on any atom is -0.462 e. The van der Waals surface area contributed by atoms with Crippen molar-refractivity contribution in [1.82, 2.24) is 0 Å². The number of hydrogen-bond acceptors (Lipinski definition) is 7. The number of phosphoric ester groups is 1. The molecule has 0 saturated carbocycles. The van der Waals surface area contributed by atoms with E-state index in [1.807, 2.05) is 51.5 Å². The van der Waals surface area contributed by atoms with Gasteiger partial charge < -0.3 is 18.9 Å². The number of ether oxygens (including phenoxy) is 2. The highest BCUT2D eigenvalue weighted by atomic mass is 31.2. The van der Waals surface area contributed by atoms with Gasteiger partial charge in [0.1, 0.15) is 19.8 Å². The molecule has 0 saturated heterocycles. The van der Waals surface area contributed by atoms with Crippen LogP contribution in [0.15, 0.2) is 97.2 Å². The summed E-state index contributed by atoms with van der Waals surface area (Å²) in [7, 11) is 1.42. The summed E-state index contributed by atoms with van der Waals surface area (Å²) in [6.45, 7) is 4.11. The van der Waals surface area contributed by atoms with Gasteiger partial charge in [-0.25, -0.2) is 4.57 Å². The van der Waals surface area contributed by atoms with Crippen molar-refractivity contribution in [3.8, 4) is 0 Å². The van der Waals surface area contributed by atoms with Crippen molar-refractivity contribution >= 4 is 19.8 Å². The molecule has 0 radical (unpaired) electrons. The third-order valence-electron chi connectivity index (χ3n) is 8.17. The predicted octanol–water partition coefficient (Wildman–Crippen LogP) is 11.8. The molecule has 10 heteroatoms. The molecule has 0 aliphatic rings. The molecule has 0 rings (SSSR count). The summed E-state index contributed by atoms with van der Waals surface area (Å²) in [6.07, 6.45) is 48.8. The van der Waals surface area contributed by atoms with Crippen LogP contribution in [-0.2, 0) is 32.7 Å². The number of quaternary nitrogens is 1. The number of carbonyl (C=O) groups is 2. The molecule has 0 aliphatic heterocycles. The monoisotopic (exact) mass is 803 g/mol. The highest BCUT2D eigenvalue weighted by Crippen LogP contribution is 2.43. The van der Waals surface area contributed by atoms with Crippen LogP contribution in [-0.4, -0.2) is 74.9 Å². The second kappa shape index (κ2) is 37.5. The molecule has 0 aliphatic carbocycles. The molecule has 2 atom stereocenters. The van der Waals surface area contributed by atoms with E-state index in [4.69, 9.17) is 18.5 Å². The first-order valence-electron chi connectivity index (χ1n) is 21.0. The minimum atomic E-state index is -4.40. The number of rotatable bonds is 36. The first kappa shape index (κ1) is 52.9. The van der Waals surface area contributed by atoms with Crippen molar-refractivity contribution in [2.24, 2.45) is 0 Å². The van der Waals surface area contributed by atoms with E-state index in [1.165, 1.54) is 6.42 Å². The summed E-state index contributed by atoms with van der Waals surface area (Å²) in [5.74, 6) is -0.875. The van der Waals surface area contributed by atoms with Gasteiger partial charge in [-0.05, 0) is 70.6 Å². The fourth-order valence-electron chi connectivity index (χ4n) is 4.90. The van der Waals surface area contributed by atoms with Crippen LogP contribution < -0.4 is 0 Å². The summed E-state index contributed by atoms with van der Waals surface area (Å²) in [5.41, 5.74) is 0. The Hall–Kier alpha value is -3.07. The largest absolute Gasteiger partial charge is 0.472 e. The fourth-order valence-corrected chi connectivity index (χ4v) is 5.64.